The second-order valence-corrected chi connectivity index (χ2v) is 5.61. The highest BCUT2D eigenvalue weighted by Gasteiger charge is 2.13. The van der Waals surface area contributed by atoms with Gasteiger partial charge in [0.1, 0.15) is 11.6 Å². The van der Waals surface area contributed by atoms with Crippen LogP contribution in [0.2, 0.25) is 0 Å². The SMILES string of the molecule is CC(=O)Nc1cc(NC(=O)NCCc2ccc(C)cc2)c(F)cc1F. The number of carbonyl (C=O) groups is 2. The van der Waals surface area contributed by atoms with E-state index in [1.807, 2.05) is 31.2 Å². The van der Waals surface area contributed by atoms with Crippen LogP contribution in [0.5, 0.6) is 0 Å². The smallest absolute Gasteiger partial charge is 0.319 e. The summed E-state index contributed by atoms with van der Waals surface area (Å²) in [7, 11) is 0. The predicted molar refractivity (Wildman–Crippen MR) is 92.6 cm³/mol. The maximum atomic E-state index is 13.8. The van der Waals surface area contributed by atoms with Crippen LogP contribution in [0.1, 0.15) is 18.1 Å². The van der Waals surface area contributed by atoms with Gasteiger partial charge in [0.25, 0.3) is 0 Å². The molecule has 0 unspecified atom stereocenters. The number of rotatable bonds is 5. The van der Waals surface area contributed by atoms with Crippen molar-refractivity contribution in [3.63, 3.8) is 0 Å². The lowest BCUT2D eigenvalue weighted by molar-refractivity contribution is -0.114. The molecule has 2 aromatic rings. The van der Waals surface area contributed by atoms with Crippen LogP contribution < -0.4 is 16.0 Å². The van der Waals surface area contributed by atoms with Crippen molar-refractivity contribution in [2.24, 2.45) is 0 Å². The Labute approximate surface area is 144 Å². The lowest BCUT2D eigenvalue weighted by Gasteiger charge is -2.11. The lowest BCUT2D eigenvalue weighted by Crippen LogP contribution is -2.30. The number of amides is 3. The van der Waals surface area contributed by atoms with Crippen LogP contribution in [0.4, 0.5) is 25.0 Å². The highest BCUT2D eigenvalue weighted by Crippen LogP contribution is 2.23. The number of nitrogens with one attached hydrogen (secondary N) is 3. The summed E-state index contributed by atoms with van der Waals surface area (Å²) in [5.74, 6) is -2.35. The quantitative estimate of drug-likeness (QED) is 0.773. The van der Waals surface area contributed by atoms with E-state index >= 15 is 0 Å². The predicted octanol–water partition coefficient (Wildman–Crippen LogP) is 3.60. The molecule has 2 aromatic carbocycles. The van der Waals surface area contributed by atoms with E-state index in [4.69, 9.17) is 0 Å². The Hall–Kier alpha value is -2.96. The van der Waals surface area contributed by atoms with Gasteiger partial charge in [0, 0.05) is 19.5 Å². The van der Waals surface area contributed by atoms with E-state index in [0.29, 0.717) is 19.0 Å². The van der Waals surface area contributed by atoms with Crippen LogP contribution in [-0.4, -0.2) is 18.5 Å². The zero-order valence-electron chi connectivity index (χ0n) is 14.0. The maximum absolute atomic E-state index is 13.8. The molecule has 0 atom stereocenters. The number of urea groups is 1. The molecular weight excluding hydrogens is 328 g/mol. The summed E-state index contributed by atoms with van der Waals surface area (Å²) in [6.45, 7) is 3.55. The Morgan fingerprint density at radius 1 is 0.960 bits per heavy atom. The van der Waals surface area contributed by atoms with Gasteiger partial charge < -0.3 is 16.0 Å². The topological polar surface area (TPSA) is 70.2 Å². The molecule has 0 saturated carbocycles. The largest absolute Gasteiger partial charge is 0.338 e. The van der Waals surface area contributed by atoms with Gasteiger partial charge >= 0.3 is 6.03 Å². The van der Waals surface area contributed by atoms with Gasteiger partial charge in [0.2, 0.25) is 5.91 Å². The first-order valence-corrected chi connectivity index (χ1v) is 7.72. The molecule has 3 amide bonds. The van der Waals surface area contributed by atoms with Gasteiger partial charge in [-0.05, 0) is 25.0 Å². The number of carbonyl (C=O) groups excluding carboxylic acids is 2. The van der Waals surface area contributed by atoms with Crippen LogP contribution in [0.25, 0.3) is 0 Å². The summed E-state index contributed by atoms with van der Waals surface area (Å²) in [6, 6.07) is 8.91. The van der Waals surface area contributed by atoms with E-state index in [9.17, 15) is 18.4 Å². The van der Waals surface area contributed by atoms with Gasteiger partial charge in [0.15, 0.2) is 0 Å². The molecule has 0 radical (unpaired) electrons. The minimum Gasteiger partial charge on any atom is -0.338 e. The van der Waals surface area contributed by atoms with E-state index in [0.717, 1.165) is 17.2 Å². The molecule has 0 fully saturated rings. The van der Waals surface area contributed by atoms with Crippen molar-refractivity contribution in [1.82, 2.24) is 5.32 Å². The average Bonchev–Trinajstić information content (AvgIpc) is 2.53. The van der Waals surface area contributed by atoms with E-state index in [-0.39, 0.29) is 11.4 Å². The Balaban J connectivity index is 1.93. The Kier molecular flexibility index (Phi) is 6.05. The summed E-state index contributed by atoms with van der Waals surface area (Å²) in [6.07, 6.45) is 0.622. The van der Waals surface area contributed by atoms with Crippen LogP contribution in [0.15, 0.2) is 36.4 Å². The van der Waals surface area contributed by atoms with Crippen LogP contribution in [-0.2, 0) is 11.2 Å². The molecular formula is C18H19F2N3O2. The molecule has 5 nitrogen and oxygen atoms in total. The standard InChI is InChI=1S/C18H19F2N3O2/c1-11-3-5-13(6-4-11)7-8-21-18(25)23-17-10-16(22-12(2)24)14(19)9-15(17)20/h3-6,9-10H,7-8H2,1-2H3,(H,22,24)(H2,21,23,25). The van der Waals surface area contributed by atoms with Crippen molar-refractivity contribution in [3.05, 3.63) is 59.2 Å². The number of halogens is 2. The third kappa shape index (κ3) is 5.56. The van der Waals surface area contributed by atoms with Crippen molar-refractivity contribution < 1.29 is 18.4 Å². The average molecular weight is 347 g/mol. The van der Waals surface area contributed by atoms with E-state index < -0.39 is 23.6 Å². The third-order valence-corrected chi connectivity index (χ3v) is 3.44. The third-order valence-electron chi connectivity index (χ3n) is 3.44. The molecule has 0 aromatic heterocycles. The number of benzene rings is 2. The van der Waals surface area contributed by atoms with Crippen molar-refractivity contribution in [2.45, 2.75) is 20.3 Å². The van der Waals surface area contributed by atoms with Crippen LogP contribution in [0.3, 0.4) is 0 Å². The fourth-order valence-corrected chi connectivity index (χ4v) is 2.17. The molecule has 7 heteroatoms. The molecule has 2 rings (SSSR count). The van der Waals surface area contributed by atoms with Crippen molar-refractivity contribution in [2.75, 3.05) is 17.2 Å². The second-order valence-electron chi connectivity index (χ2n) is 5.61. The van der Waals surface area contributed by atoms with Gasteiger partial charge in [-0.1, -0.05) is 29.8 Å². The summed E-state index contributed by atoms with van der Waals surface area (Å²) in [5, 5.41) is 7.13. The number of anilines is 2. The molecule has 3 N–H and O–H groups in total. The van der Waals surface area contributed by atoms with Crippen molar-refractivity contribution >= 4 is 23.3 Å². The van der Waals surface area contributed by atoms with Gasteiger partial charge in [0.05, 0.1) is 11.4 Å². The highest BCUT2D eigenvalue weighted by molar-refractivity contribution is 5.92. The summed E-state index contributed by atoms with van der Waals surface area (Å²) in [5.41, 5.74) is 1.78. The number of hydrogen-bond donors (Lipinski definition) is 3. The minimum absolute atomic E-state index is 0.205. The zero-order chi connectivity index (χ0) is 18.4. The Bertz CT molecular complexity index is 777. The van der Waals surface area contributed by atoms with E-state index in [1.165, 1.54) is 6.92 Å². The Morgan fingerprint density at radius 2 is 1.56 bits per heavy atom. The normalized spacial score (nSPS) is 10.2. The lowest BCUT2D eigenvalue weighted by atomic mass is 10.1. The van der Waals surface area contributed by atoms with Gasteiger partial charge in [-0.2, -0.15) is 0 Å². The second kappa shape index (κ2) is 8.23. The first-order chi connectivity index (χ1) is 11.8. The van der Waals surface area contributed by atoms with E-state index in [1.54, 1.807) is 0 Å². The van der Waals surface area contributed by atoms with Crippen LogP contribution >= 0.6 is 0 Å². The molecule has 0 spiro atoms. The molecule has 0 bridgehead atoms. The number of hydrogen-bond acceptors (Lipinski definition) is 2. The molecule has 25 heavy (non-hydrogen) atoms. The maximum Gasteiger partial charge on any atom is 0.319 e. The molecule has 0 saturated heterocycles. The van der Waals surface area contributed by atoms with Crippen molar-refractivity contribution in [3.8, 4) is 0 Å². The zero-order valence-corrected chi connectivity index (χ0v) is 14.0. The first kappa shape index (κ1) is 18.4. The highest BCUT2D eigenvalue weighted by atomic mass is 19.1. The minimum atomic E-state index is -0.930. The van der Waals surface area contributed by atoms with Gasteiger partial charge in [-0.15, -0.1) is 0 Å². The summed E-state index contributed by atoms with van der Waals surface area (Å²) >= 11 is 0. The monoisotopic (exact) mass is 347 g/mol. The summed E-state index contributed by atoms with van der Waals surface area (Å²) < 4.78 is 27.3. The first-order valence-electron chi connectivity index (χ1n) is 7.72. The fraction of sp³-hybridized carbons (Fsp3) is 0.222. The Morgan fingerprint density at radius 3 is 2.16 bits per heavy atom. The fourth-order valence-electron chi connectivity index (χ4n) is 2.17. The summed E-state index contributed by atoms with van der Waals surface area (Å²) in [4.78, 5) is 22.9. The van der Waals surface area contributed by atoms with E-state index in [2.05, 4.69) is 16.0 Å². The molecule has 0 aliphatic carbocycles. The number of aryl methyl sites for hydroxylation is 1. The van der Waals surface area contributed by atoms with Gasteiger partial charge in [-0.3, -0.25) is 4.79 Å². The molecule has 0 aliphatic heterocycles. The van der Waals surface area contributed by atoms with Crippen LogP contribution in [0, 0.1) is 18.6 Å². The van der Waals surface area contributed by atoms with Crippen molar-refractivity contribution in [1.29, 1.82) is 0 Å². The van der Waals surface area contributed by atoms with Gasteiger partial charge in [-0.25, -0.2) is 13.6 Å². The molecule has 0 heterocycles. The molecule has 132 valence electrons. The molecule has 0 aliphatic rings.